The second-order valence-corrected chi connectivity index (χ2v) is 12.2. The molecule has 0 aromatic heterocycles. The van der Waals surface area contributed by atoms with Gasteiger partial charge in [-0.2, -0.15) is 0 Å². The van der Waals surface area contributed by atoms with Gasteiger partial charge in [-0.05, 0) is 122 Å². The SMILES string of the molecule is Cc1cccc(C)c1-c1cc(-c2ccc3c(c2)-c2ccccc2C2=CC=CCC23)ccc1-c1cccc(-c2ccccc2)c1. The fourth-order valence-corrected chi connectivity index (χ4v) is 7.36. The number of fused-ring (bicyclic) bond motifs is 6. The summed E-state index contributed by atoms with van der Waals surface area (Å²) in [6, 6.07) is 49.4. The van der Waals surface area contributed by atoms with Gasteiger partial charge in [0.1, 0.15) is 0 Å². The first-order chi connectivity index (χ1) is 21.7. The van der Waals surface area contributed by atoms with Crippen LogP contribution in [0.4, 0.5) is 0 Å². The van der Waals surface area contributed by atoms with Gasteiger partial charge in [0.05, 0.1) is 0 Å². The number of benzene rings is 6. The molecule has 44 heavy (non-hydrogen) atoms. The van der Waals surface area contributed by atoms with Crippen LogP contribution in [0.1, 0.15) is 34.6 Å². The lowest BCUT2D eigenvalue weighted by atomic mass is 9.72. The van der Waals surface area contributed by atoms with Crippen LogP contribution in [0.5, 0.6) is 0 Å². The zero-order valence-corrected chi connectivity index (χ0v) is 25.2. The maximum Gasteiger partial charge on any atom is 0.0136 e. The Morgan fingerprint density at radius 1 is 0.455 bits per heavy atom. The molecule has 6 aromatic carbocycles. The molecule has 0 nitrogen and oxygen atoms in total. The van der Waals surface area contributed by atoms with Gasteiger partial charge < -0.3 is 0 Å². The highest BCUT2D eigenvalue weighted by molar-refractivity contribution is 5.95. The summed E-state index contributed by atoms with van der Waals surface area (Å²) in [5, 5.41) is 0. The van der Waals surface area contributed by atoms with Crippen LogP contribution in [-0.2, 0) is 0 Å². The number of rotatable bonds is 4. The maximum absolute atomic E-state index is 2.43. The van der Waals surface area contributed by atoms with Gasteiger partial charge in [-0.25, -0.2) is 0 Å². The second-order valence-electron chi connectivity index (χ2n) is 12.2. The van der Waals surface area contributed by atoms with Crippen molar-refractivity contribution in [2.24, 2.45) is 0 Å². The third-order valence-corrected chi connectivity index (χ3v) is 9.50. The molecule has 8 rings (SSSR count). The fraction of sp³-hybridized carbons (Fsp3) is 0.0909. The van der Waals surface area contributed by atoms with E-state index in [4.69, 9.17) is 0 Å². The van der Waals surface area contributed by atoms with E-state index in [-0.39, 0.29) is 0 Å². The van der Waals surface area contributed by atoms with E-state index in [1.54, 1.807) is 0 Å². The van der Waals surface area contributed by atoms with Gasteiger partial charge in [-0.3, -0.25) is 0 Å². The number of hydrogen-bond donors (Lipinski definition) is 0. The molecule has 0 radical (unpaired) electrons. The first-order valence-electron chi connectivity index (χ1n) is 15.6. The van der Waals surface area contributed by atoms with Gasteiger partial charge in [-0.1, -0.05) is 133 Å². The molecule has 0 bridgehead atoms. The molecule has 1 atom stereocenters. The van der Waals surface area contributed by atoms with Gasteiger partial charge in [0.15, 0.2) is 0 Å². The summed E-state index contributed by atoms with van der Waals surface area (Å²) in [5.41, 5.74) is 19.6. The Kier molecular flexibility index (Phi) is 6.50. The van der Waals surface area contributed by atoms with E-state index >= 15 is 0 Å². The molecule has 210 valence electrons. The molecular formula is C44H34. The quantitative estimate of drug-likeness (QED) is 0.200. The van der Waals surface area contributed by atoms with E-state index in [1.165, 1.54) is 83.5 Å². The largest absolute Gasteiger partial charge is 0.0836 e. The summed E-state index contributed by atoms with van der Waals surface area (Å²) in [4.78, 5) is 0. The zero-order chi connectivity index (χ0) is 29.6. The van der Waals surface area contributed by atoms with E-state index in [2.05, 4.69) is 166 Å². The number of allylic oxidation sites excluding steroid dienone is 4. The van der Waals surface area contributed by atoms with Crippen molar-refractivity contribution in [2.75, 3.05) is 0 Å². The summed E-state index contributed by atoms with van der Waals surface area (Å²) in [7, 11) is 0. The predicted octanol–water partition coefficient (Wildman–Crippen LogP) is 12.1. The van der Waals surface area contributed by atoms with E-state index in [0.717, 1.165) is 6.42 Å². The first kappa shape index (κ1) is 26.4. The number of hydrogen-bond acceptors (Lipinski definition) is 0. The Balaban J connectivity index is 1.30. The Labute approximate surface area is 260 Å². The highest BCUT2D eigenvalue weighted by Crippen LogP contribution is 2.50. The van der Waals surface area contributed by atoms with Gasteiger partial charge in [0.25, 0.3) is 0 Å². The molecular weight excluding hydrogens is 528 g/mol. The molecule has 0 saturated carbocycles. The van der Waals surface area contributed by atoms with Crippen molar-refractivity contribution in [1.82, 2.24) is 0 Å². The van der Waals surface area contributed by atoms with Crippen LogP contribution < -0.4 is 0 Å². The molecule has 0 heteroatoms. The minimum atomic E-state index is 0.420. The molecule has 0 heterocycles. The molecule has 0 aliphatic heterocycles. The molecule has 1 unspecified atom stereocenters. The minimum Gasteiger partial charge on any atom is -0.0836 e. The van der Waals surface area contributed by atoms with Crippen molar-refractivity contribution in [3.8, 4) is 55.6 Å². The van der Waals surface area contributed by atoms with E-state index in [0.29, 0.717) is 5.92 Å². The molecule has 0 fully saturated rings. The van der Waals surface area contributed by atoms with Crippen molar-refractivity contribution >= 4 is 5.57 Å². The third-order valence-electron chi connectivity index (χ3n) is 9.50. The van der Waals surface area contributed by atoms with Gasteiger partial charge >= 0.3 is 0 Å². The standard InChI is InChI=1S/C44H34/c1-29-12-10-13-30(2)44(29)43-28-34(22-24-36(43)35-17-11-16-32(26-35)31-14-4-3-5-15-31)33-23-25-41-39-20-7-6-18-37(39)38-19-8-9-21-40(38)42(41)27-33/h3-19,21-28,39H,20H2,1-2H3. The monoisotopic (exact) mass is 562 g/mol. The second kappa shape index (κ2) is 10.8. The van der Waals surface area contributed by atoms with Crippen LogP contribution in [0.3, 0.4) is 0 Å². The lowest BCUT2D eigenvalue weighted by Gasteiger charge is -2.32. The Bertz CT molecular complexity index is 2080. The van der Waals surface area contributed by atoms with Crippen molar-refractivity contribution in [3.63, 3.8) is 0 Å². The van der Waals surface area contributed by atoms with Crippen LogP contribution >= 0.6 is 0 Å². The lowest BCUT2D eigenvalue weighted by Crippen LogP contribution is -2.11. The molecule has 0 amide bonds. The van der Waals surface area contributed by atoms with Gasteiger partial charge in [-0.15, -0.1) is 0 Å². The minimum absolute atomic E-state index is 0.420. The normalized spacial score (nSPS) is 14.8. The Hall–Kier alpha value is -5.20. The Morgan fingerprint density at radius 2 is 1.09 bits per heavy atom. The topological polar surface area (TPSA) is 0 Å². The van der Waals surface area contributed by atoms with Gasteiger partial charge in [0.2, 0.25) is 0 Å². The van der Waals surface area contributed by atoms with Gasteiger partial charge in [0, 0.05) is 5.92 Å². The van der Waals surface area contributed by atoms with Crippen molar-refractivity contribution < 1.29 is 0 Å². The average Bonchev–Trinajstić information content (AvgIpc) is 3.08. The van der Waals surface area contributed by atoms with E-state index in [9.17, 15) is 0 Å². The highest BCUT2D eigenvalue weighted by atomic mass is 14.3. The first-order valence-corrected chi connectivity index (χ1v) is 15.6. The molecule has 0 N–H and O–H groups in total. The summed E-state index contributed by atoms with van der Waals surface area (Å²) >= 11 is 0. The summed E-state index contributed by atoms with van der Waals surface area (Å²) < 4.78 is 0. The molecule has 6 aromatic rings. The predicted molar refractivity (Wildman–Crippen MR) is 188 cm³/mol. The average molecular weight is 563 g/mol. The Morgan fingerprint density at radius 3 is 1.91 bits per heavy atom. The smallest absolute Gasteiger partial charge is 0.0136 e. The molecule has 2 aliphatic rings. The molecule has 2 aliphatic carbocycles. The van der Waals surface area contributed by atoms with Crippen molar-refractivity contribution in [2.45, 2.75) is 26.2 Å². The summed E-state index contributed by atoms with van der Waals surface area (Å²) in [5.74, 6) is 0.420. The summed E-state index contributed by atoms with van der Waals surface area (Å²) in [6.45, 7) is 4.47. The van der Waals surface area contributed by atoms with E-state index < -0.39 is 0 Å². The van der Waals surface area contributed by atoms with Crippen LogP contribution in [0.2, 0.25) is 0 Å². The van der Waals surface area contributed by atoms with Crippen LogP contribution in [0, 0.1) is 13.8 Å². The van der Waals surface area contributed by atoms with E-state index in [1.807, 2.05) is 0 Å². The maximum atomic E-state index is 2.43. The lowest BCUT2D eigenvalue weighted by molar-refractivity contribution is 0.868. The molecule has 0 saturated heterocycles. The third kappa shape index (κ3) is 4.46. The van der Waals surface area contributed by atoms with Crippen LogP contribution in [0.15, 0.2) is 152 Å². The highest BCUT2D eigenvalue weighted by Gasteiger charge is 2.29. The van der Waals surface area contributed by atoms with Crippen LogP contribution in [0.25, 0.3) is 61.2 Å². The molecule has 0 spiro atoms. The van der Waals surface area contributed by atoms with Crippen molar-refractivity contribution in [3.05, 3.63) is 174 Å². The van der Waals surface area contributed by atoms with Crippen molar-refractivity contribution in [1.29, 1.82) is 0 Å². The number of aryl methyl sites for hydroxylation is 2. The van der Waals surface area contributed by atoms with Crippen LogP contribution in [-0.4, -0.2) is 0 Å². The summed E-state index contributed by atoms with van der Waals surface area (Å²) in [6.07, 6.45) is 7.89. The fourth-order valence-electron chi connectivity index (χ4n) is 7.36. The zero-order valence-electron chi connectivity index (χ0n) is 25.2.